The first-order valence-electron chi connectivity index (χ1n) is 2.32. The van der Waals surface area contributed by atoms with Crippen molar-refractivity contribution in [1.29, 1.82) is 0 Å². The molecule has 50 valence electrons. The van der Waals surface area contributed by atoms with Crippen LogP contribution in [0.2, 0.25) is 0 Å². The topological polar surface area (TPSA) is 95.1 Å². The molecule has 6 N–H and O–H groups in total. The molecule has 0 aliphatic rings. The number of primary amides is 1. The summed E-state index contributed by atoms with van der Waals surface area (Å²) in [5.41, 5.74) is 14.8. The van der Waals surface area contributed by atoms with Gasteiger partial charge in [-0.3, -0.25) is 4.79 Å². The third-order valence-corrected chi connectivity index (χ3v) is 0.671. The van der Waals surface area contributed by atoms with E-state index in [9.17, 15) is 4.79 Å². The second-order valence-corrected chi connectivity index (χ2v) is 1.37. The number of hydrogen-bond donors (Lipinski definition) is 3. The van der Waals surface area contributed by atoms with Gasteiger partial charge in [0.1, 0.15) is 0 Å². The summed E-state index contributed by atoms with van der Waals surface area (Å²) in [5.74, 6) is -0.645. The Bertz CT molecular complexity index is 160. The largest absolute Gasteiger partial charge is 0.405 e. The average molecular weight is 127 g/mol. The number of carbonyl (C=O) groups excluding carboxylic acids is 1. The lowest BCUT2D eigenvalue weighted by molar-refractivity contribution is -0.114. The molecule has 0 saturated heterocycles. The summed E-state index contributed by atoms with van der Waals surface area (Å²) in [7, 11) is 0. The van der Waals surface area contributed by atoms with E-state index in [2.05, 4.69) is 0 Å². The van der Waals surface area contributed by atoms with Gasteiger partial charge in [-0.2, -0.15) is 0 Å². The highest BCUT2D eigenvalue weighted by molar-refractivity contribution is 5.91. The fourth-order valence-electron chi connectivity index (χ4n) is 0.241. The second kappa shape index (κ2) is 3.54. The number of hydrogen-bond acceptors (Lipinski definition) is 3. The van der Waals surface area contributed by atoms with Gasteiger partial charge in [-0.1, -0.05) is 0 Å². The fourth-order valence-corrected chi connectivity index (χ4v) is 0.241. The van der Waals surface area contributed by atoms with E-state index in [-0.39, 0.29) is 5.70 Å². The minimum atomic E-state index is -0.645. The molecule has 0 heterocycles. The summed E-state index contributed by atoms with van der Waals surface area (Å²) in [6, 6.07) is 0. The van der Waals surface area contributed by atoms with E-state index in [1.807, 2.05) is 0 Å². The lowest BCUT2D eigenvalue weighted by Gasteiger charge is -1.87. The van der Waals surface area contributed by atoms with E-state index in [1.165, 1.54) is 18.4 Å². The predicted octanol–water partition coefficient (Wildman–Crippen LogP) is -1.21. The summed E-state index contributed by atoms with van der Waals surface area (Å²) in [5, 5.41) is 0. The van der Waals surface area contributed by atoms with Gasteiger partial charge in [0.2, 0.25) is 0 Å². The van der Waals surface area contributed by atoms with E-state index < -0.39 is 5.91 Å². The van der Waals surface area contributed by atoms with Gasteiger partial charge in [0.05, 0.1) is 5.70 Å². The molecule has 0 aliphatic heterocycles. The minimum Gasteiger partial charge on any atom is -0.405 e. The fraction of sp³-hybridized carbons (Fsp3) is 0. The van der Waals surface area contributed by atoms with Crippen LogP contribution in [0.5, 0.6) is 0 Å². The first kappa shape index (κ1) is 7.55. The molecular weight excluding hydrogens is 118 g/mol. The highest BCUT2D eigenvalue weighted by Gasteiger charge is 1.92. The molecular formula is C5H9N3O. The highest BCUT2D eigenvalue weighted by Crippen LogP contribution is 1.80. The lowest BCUT2D eigenvalue weighted by Crippen LogP contribution is -2.19. The van der Waals surface area contributed by atoms with Crippen molar-refractivity contribution >= 4 is 5.91 Å². The molecule has 0 aromatic heterocycles. The molecule has 4 nitrogen and oxygen atoms in total. The molecule has 0 fully saturated rings. The van der Waals surface area contributed by atoms with Crippen molar-refractivity contribution in [2.45, 2.75) is 0 Å². The SMILES string of the molecule is N/C=C\C=C(/N)C(N)=O. The van der Waals surface area contributed by atoms with Gasteiger partial charge in [-0.15, -0.1) is 0 Å². The number of nitrogens with two attached hydrogens (primary N) is 3. The van der Waals surface area contributed by atoms with Gasteiger partial charge < -0.3 is 17.2 Å². The van der Waals surface area contributed by atoms with Crippen LogP contribution in [0.3, 0.4) is 0 Å². The van der Waals surface area contributed by atoms with Gasteiger partial charge in [0, 0.05) is 0 Å². The molecule has 0 spiro atoms. The number of rotatable bonds is 2. The van der Waals surface area contributed by atoms with Crippen molar-refractivity contribution in [3.63, 3.8) is 0 Å². The Kier molecular flexibility index (Phi) is 2.97. The normalized spacial score (nSPS) is 12.2. The van der Waals surface area contributed by atoms with E-state index in [1.54, 1.807) is 0 Å². The number of carbonyl (C=O) groups is 1. The standard InChI is InChI=1S/C5H9N3O/c6-3-1-2-4(7)5(8)9/h1-3H,6-7H2,(H2,8,9)/b3-1-,4-2-. The van der Waals surface area contributed by atoms with Crippen molar-refractivity contribution in [3.05, 3.63) is 24.0 Å². The lowest BCUT2D eigenvalue weighted by atomic mass is 10.4. The van der Waals surface area contributed by atoms with E-state index >= 15 is 0 Å². The van der Waals surface area contributed by atoms with E-state index in [0.29, 0.717) is 0 Å². The van der Waals surface area contributed by atoms with Gasteiger partial charge in [0.25, 0.3) is 5.91 Å². The van der Waals surface area contributed by atoms with Crippen LogP contribution in [0, 0.1) is 0 Å². The third kappa shape index (κ3) is 3.16. The molecule has 0 unspecified atom stereocenters. The quantitative estimate of drug-likeness (QED) is 0.320. The number of amides is 1. The molecule has 0 bridgehead atoms. The zero-order chi connectivity index (χ0) is 7.28. The first-order chi connectivity index (χ1) is 4.18. The maximum atomic E-state index is 10.2. The number of allylic oxidation sites excluding steroid dienone is 2. The molecule has 0 aromatic carbocycles. The van der Waals surface area contributed by atoms with E-state index in [4.69, 9.17) is 17.2 Å². The van der Waals surface area contributed by atoms with E-state index in [0.717, 1.165) is 0 Å². The average Bonchev–Trinajstić information content (AvgIpc) is 1.82. The summed E-state index contributed by atoms with van der Waals surface area (Å²) in [4.78, 5) is 10.2. The maximum Gasteiger partial charge on any atom is 0.264 e. The van der Waals surface area contributed by atoms with Crippen LogP contribution < -0.4 is 17.2 Å². The monoisotopic (exact) mass is 127 g/mol. The first-order valence-corrected chi connectivity index (χ1v) is 2.32. The minimum absolute atomic E-state index is 0.00306. The van der Waals surface area contributed by atoms with Crippen molar-refractivity contribution < 1.29 is 4.79 Å². The molecule has 0 radical (unpaired) electrons. The van der Waals surface area contributed by atoms with Crippen molar-refractivity contribution in [1.82, 2.24) is 0 Å². The Balaban J connectivity index is 4.00. The zero-order valence-corrected chi connectivity index (χ0v) is 4.87. The molecule has 9 heavy (non-hydrogen) atoms. The van der Waals surface area contributed by atoms with Crippen molar-refractivity contribution in [2.75, 3.05) is 0 Å². The Morgan fingerprint density at radius 3 is 2.22 bits per heavy atom. The molecule has 4 heteroatoms. The highest BCUT2D eigenvalue weighted by atomic mass is 16.1. The van der Waals surface area contributed by atoms with Crippen molar-refractivity contribution in [2.24, 2.45) is 17.2 Å². The molecule has 0 aromatic rings. The van der Waals surface area contributed by atoms with Gasteiger partial charge >= 0.3 is 0 Å². The smallest absolute Gasteiger partial charge is 0.264 e. The summed E-state index contributed by atoms with van der Waals surface area (Å²) >= 11 is 0. The predicted molar refractivity (Wildman–Crippen MR) is 34.8 cm³/mol. The van der Waals surface area contributed by atoms with Crippen molar-refractivity contribution in [3.8, 4) is 0 Å². The second-order valence-electron chi connectivity index (χ2n) is 1.37. The molecule has 1 amide bonds. The van der Waals surface area contributed by atoms with Crippen LogP contribution in [0.15, 0.2) is 24.0 Å². The summed E-state index contributed by atoms with van der Waals surface area (Å²) in [6.07, 6.45) is 4.03. The zero-order valence-electron chi connectivity index (χ0n) is 4.87. The Hall–Kier alpha value is -1.45. The molecule has 0 saturated carbocycles. The molecule has 0 rings (SSSR count). The summed E-state index contributed by atoms with van der Waals surface area (Å²) < 4.78 is 0. The molecule has 0 atom stereocenters. The van der Waals surface area contributed by atoms with Crippen LogP contribution in [0.4, 0.5) is 0 Å². The Morgan fingerprint density at radius 2 is 1.89 bits per heavy atom. The Labute approximate surface area is 53.0 Å². The van der Waals surface area contributed by atoms with Crippen LogP contribution in [-0.2, 0) is 4.79 Å². The van der Waals surface area contributed by atoms with Gasteiger partial charge in [0.15, 0.2) is 0 Å². The maximum absolute atomic E-state index is 10.2. The van der Waals surface area contributed by atoms with Gasteiger partial charge in [-0.25, -0.2) is 0 Å². The van der Waals surface area contributed by atoms with Crippen LogP contribution in [0.1, 0.15) is 0 Å². The van der Waals surface area contributed by atoms with Crippen LogP contribution in [0.25, 0.3) is 0 Å². The van der Waals surface area contributed by atoms with Gasteiger partial charge in [-0.05, 0) is 18.4 Å². The van der Waals surface area contributed by atoms with Crippen LogP contribution in [-0.4, -0.2) is 5.91 Å². The van der Waals surface area contributed by atoms with Crippen LogP contribution >= 0.6 is 0 Å². The summed E-state index contributed by atoms with van der Waals surface area (Å²) in [6.45, 7) is 0. The molecule has 0 aliphatic carbocycles. The third-order valence-electron chi connectivity index (χ3n) is 0.671. The Morgan fingerprint density at radius 1 is 1.33 bits per heavy atom.